The van der Waals surface area contributed by atoms with E-state index in [2.05, 4.69) is 4.98 Å². The van der Waals surface area contributed by atoms with Gasteiger partial charge < -0.3 is 4.57 Å². The van der Waals surface area contributed by atoms with Crippen LogP contribution in [0.2, 0.25) is 0 Å². The zero-order valence-corrected chi connectivity index (χ0v) is 10.8. The molecule has 0 radical (unpaired) electrons. The van der Waals surface area contributed by atoms with E-state index >= 15 is 0 Å². The molecule has 0 unspecified atom stereocenters. The van der Waals surface area contributed by atoms with Crippen LogP contribution in [0.1, 0.15) is 44.5 Å². The maximum atomic E-state index is 11.2. The van der Waals surface area contributed by atoms with E-state index in [0.29, 0.717) is 6.04 Å². The predicted molar refractivity (Wildman–Crippen MR) is 62.1 cm³/mol. The van der Waals surface area contributed by atoms with E-state index in [-0.39, 0.29) is 5.03 Å². The maximum absolute atomic E-state index is 11.2. The second-order valence-corrected chi connectivity index (χ2v) is 6.65. The molecule has 0 aromatic carbocycles. The molecule has 2 rings (SSSR count). The van der Waals surface area contributed by atoms with Gasteiger partial charge in [-0.2, -0.15) is 0 Å². The lowest BCUT2D eigenvalue weighted by Crippen LogP contribution is -2.07. The molecule has 0 spiro atoms. The third-order valence-electron chi connectivity index (χ3n) is 3.07. The smallest absolute Gasteiger partial charge is 0.280 e. The second-order valence-electron chi connectivity index (χ2n) is 4.13. The molecule has 90 valence electrons. The molecular weight excluding hydrogens is 248 g/mol. The summed E-state index contributed by atoms with van der Waals surface area (Å²) < 4.78 is 24.4. The highest BCUT2D eigenvalue weighted by Gasteiger charge is 2.23. The number of nitrogens with zero attached hydrogens (tertiary/aromatic N) is 2. The minimum absolute atomic E-state index is 0.0158. The third kappa shape index (κ3) is 2.25. The van der Waals surface area contributed by atoms with Crippen LogP contribution in [0.4, 0.5) is 0 Å². The fraction of sp³-hybridized carbons (Fsp3) is 0.700. The van der Waals surface area contributed by atoms with Crippen LogP contribution in [0.15, 0.2) is 11.2 Å². The van der Waals surface area contributed by atoms with Crippen LogP contribution >= 0.6 is 10.7 Å². The zero-order valence-electron chi connectivity index (χ0n) is 9.19. The molecule has 0 atom stereocenters. The van der Waals surface area contributed by atoms with E-state index in [4.69, 9.17) is 10.7 Å². The summed E-state index contributed by atoms with van der Waals surface area (Å²) in [6.07, 6.45) is 6.92. The largest absolute Gasteiger partial charge is 0.330 e. The van der Waals surface area contributed by atoms with Gasteiger partial charge in [0.1, 0.15) is 5.82 Å². The van der Waals surface area contributed by atoms with Gasteiger partial charge in [-0.3, -0.25) is 0 Å². The Bertz CT molecular complexity index is 475. The van der Waals surface area contributed by atoms with Crippen LogP contribution < -0.4 is 0 Å². The molecule has 1 aliphatic rings. The Morgan fingerprint density at radius 3 is 2.62 bits per heavy atom. The lowest BCUT2D eigenvalue weighted by molar-refractivity contribution is 0.499. The molecule has 0 aliphatic heterocycles. The summed E-state index contributed by atoms with van der Waals surface area (Å²) in [5.74, 6) is 0.811. The summed E-state index contributed by atoms with van der Waals surface area (Å²) in [5, 5.41) is -0.0158. The quantitative estimate of drug-likeness (QED) is 0.787. The first-order chi connectivity index (χ1) is 7.52. The molecule has 1 heterocycles. The molecule has 4 nitrogen and oxygen atoms in total. The van der Waals surface area contributed by atoms with Crippen LogP contribution in [0.5, 0.6) is 0 Å². The van der Waals surface area contributed by atoms with Crippen molar-refractivity contribution in [1.82, 2.24) is 9.55 Å². The molecule has 1 saturated carbocycles. The van der Waals surface area contributed by atoms with Gasteiger partial charge in [-0.15, -0.1) is 0 Å². The van der Waals surface area contributed by atoms with Gasteiger partial charge in [0, 0.05) is 29.3 Å². The minimum atomic E-state index is -3.70. The van der Waals surface area contributed by atoms with Crippen LogP contribution in [0.25, 0.3) is 0 Å². The Hall–Kier alpha value is -0.550. The Morgan fingerprint density at radius 1 is 1.50 bits per heavy atom. The molecule has 1 aromatic rings. The Labute approximate surface area is 100 Å². The number of halogens is 1. The van der Waals surface area contributed by atoms with Gasteiger partial charge in [-0.1, -0.05) is 19.8 Å². The fourth-order valence-corrected chi connectivity index (χ4v) is 2.96. The number of rotatable bonds is 3. The summed E-state index contributed by atoms with van der Waals surface area (Å²) >= 11 is 0. The third-order valence-corrected chi connectivity index (χ3v) is 4.24. The lowest BCUT2D eigenvalue weighted by Gasteiger charge is -2.13. The zero-order chi connectivity index (χ0) is 11.8. The lowest BCUT2D eigenvalue weighted by atomic mass is 10.2. The summed E-state index contributed by atoms with van der Waals surface area (Å²) in [6.45, 7) is 1.97. The van der Waals surface area contributed by atoms with Crippen molar-refractivity contribution < 1.29 is 8.42 Å². The average Bonchev–Trinajstić information content (AvgIpc) is 2.85. The van der Waals surface area contributed by atoms with Crippen molar-refractivity contribution >= 4 is 19.7 Å². The number of imidazole rings is 1. The number of aryl methyl sites for hydroxylation is 1. The minimum Gasteiger partial charge on any atom is -0.330 e. The Morgan fingerprint density at radius 2 is 2.12 bits per heavy atom. The van der Waals surface area contributed by atoms with E-state index in [0.717, 1.165) is 25.1 Å². The SMILES string of the molecule is CCc1nc(S(=O)(=O)Cl)cn1C1CCCC1. The molecule has 1 fully saturated rings. The first kappa shape index (κ1) is 11.9. The van der Waals surface area contributed by atoms with Crippen molar-refractivity contribution in [2.45, 2.75) is 50.1 Å². The van der Waals surface area contributed by atoms with E-state index in [1.54, 1.807) is 6.20 Å². The highest BCUT2D eigenvalue weighted by Crippen LogP contribution is 2.31. The van der Waals surface area contributed by atoms with Crippen molar-refractivity contribution in [3.8, 4) is 0 Å². The maximum Gasteiger partial charge on any atom is 0.280 e. The highest BCUT2D eigenvalue weighted by molar-refractivity contribution is 8.13. The van der Waals surface area contributed by atoms with E-state index < -0.39 is 9.05 Å². The first-order valence-corrected chi connectivity index (χ1v) is 7.85. The van der Waals surface area contributed by atoms with Crippen molar-refractivity contribution in [2.24, 2.45) is 0 Å². The number of hydrogen-bond donors (Lipinski definition) is 0. The van der Waals surface area contributed by atoms with Crippen LogP contribution in [0, 0.1) is 0 Å². The molecule has 6 heteroatoms. The van der Waals surface area contributed by atoms with Gasteiger partial charge in [0.05, 0.1) is 0 Å². The van der Waals surface area contributed by atoms with Gasteiger partial charge in [0.25, 0.3) is 9.05 Å². The molecule has 0 saturated heterocycles. The molecule has 1 aromatic heterocycles. The van der Waals surface area contributed by atoms with Gasteiger partial charge in [0.2, 0.25) is 0 Å². The molecule has 16 heavy (non-hydrogen) atoms. The molecule has 0 N–H and O–H groups in total. The topological polar surface area (TPSA) is 52.0 Å². The summed E-state index contributed by atoms with van der Waals surface area (Å²) in [7, 11) is 1.60. The Kier molecular flexibility index (Phi) is 3.26. The Balaban J connectivity index is 2.40. The molecule has 0 amide bonds. The molecular formula is C10H15ClN2O2S. The predicted octanol–water partition coefficient (Wildman–Crippen LogP) is 2.49. The van der Waals surface area contributed by atoms with Crippen LogP contribution in [-0.2, 0) is 15.5 Å². The van der Waals surface area contributed by atoms with Gasteiger partial charge in [-0.25, -0.2) is 13.4 Å². The van der Waals surface area contributed by atoms with E-state index in [1.165, 1.54) is 12.8 Å². The van der Waals surface area contributed by atoms with E-state index in [9.17, 15) is 8.42 Å². The second kappa shape index (κ2) is 4.37. The van der Waals surface area contributed by atoms with Crippen molar-refractivity contribution in [3.05, 3.63) is 12.0 Å². The monoisotopic (exact) mass is 262 g/mol. The van der Waals surface area contributed by atoms with Crippen LogP contribution in [0.3, 0.4) is 0 Å². The van der Waals surface area contributed by atoms with Gasteiger partial charge >= 0.3 is 0 Å². The van der Waals surface area contributed by atoms with Crippen molar-refractivity contribution in [2.75, 3.05) is 0 Å². The molecule has 1 aliphatic carbocycles. The van der Waals surface area contributed by atoms with Crippen molar-refractivity contribution in [1.29, 1.82) is 0 Å². The standard InChI is InChI=1S/C10H15ClN2O2S/c1-2-9-12-10(16(11,14)15)7-13(9)8-5-3-4-6-8/h7-8H,2-6H2,1H3. The normalized spacial score (nSPS) is 18.1. The summed E-state index contributed by atoms with van der Waals surface area (Å²) in [4.78, 5) is 4.09. The van der Waals surface area contributed by atoms with Gasteiger partial charge in [-0.05, 0) is 12.8 Å². The van der Waals surface area contributed by atoms with Crippen molar-refractivity contribution in [3.63, 3.8) is 0 Å². The fourth-order valence-electron chi connectivity index (χ4n) is 2.28. The summed E-state index contributed by atoms with van der Waals surface area (Å²) in [6, 6.07) is 0.398. The molecule has 0 bridgehead atoms. The number of aromatic nitrogens is 2. The van der Waals surface area contributed by atoms with E-state index in [1.807, 2.05) is 11.5 Å². The average molecular weight is 263 g/mol. The van der Waals surface area contributed by atoms with Gasteiger partial charge in [0.15, 0.2) is 5.03 Å². The number of hydrogen-bond acceptors (Lipinski definition) is 3. The summed E-state index contributed by atoms with van der Waals surface area (Å²) in [5.41, 5.74) is 0. The highest BCUT2D eigenvalue weighted by atomic mass is 35.7. The van der Waals surface area contributed by atoms with Crippen LogP contribution in [-0.4, -0.2) is 18.0 Å². The first-order valence-electron chi connectivity index (χ1n) is 5.54.